The van der Waals surface area contributed by atoms with Crippen LogP contribution < -0.4 is 0 Å². The van der Waals surface area contributed by atoms with Gasteiger partial charge in [0.15, 0.2) is 0 Å². The number of fused-ring (bicyclic) bond motifs is 4. The summed E-state index contributed by atoms with van der Waals surface area (Å²) in [4.78, 5) is 14.3. The Labute approximate surface area is 204 Å². The van der Waals surface area contributed by atoms with Gasteiger partial charge in [0.2, 0.25) is 5.71 Å². The minimum atomic E-state index is 0.00172. The molecule has 0 aliphatic rings. The van der Waals surface area contributed by atoms with Gasteiger partial charge in [-0.25, -0.2) is 4.98 Å². The second kappa shape index (κ2) is 7.74. The highest BCUT2D eigenvalue weighted by atomic mass is 16.3. The van der Waals surface area contributed by atoms with Crippen molar-refractivity contribution in [3.8, 4) is 22.4 Å². The summed E-state index contributed by atoms with van der Waals surface area (Å²) in [5, 5.41) is 3.23. The van der Waals surface area contributed by atoms with Crippen LogP contribution in [0.15, 0.2) is 77.3 Å². The van der Waals surface area contributed by atoms with Gasteiger partial charge in [-0.15, -0.1) is 0 Å². The molecule has 0 unspecified atom stereocenters. The number of hydrogen-bond donors (Lipinski definition) is 0. The molecule has 6 aromatic rings. The van der Waals surface area contributed by atoms with Crippen molar-refractivity contribution in [3.05, 3.63) is 89.9 Å². The highest BCUT2D eigenvalue weighted by Crippen LogP contribution is 2.37. The van der Waals surface area contributed by atoms with Gasteiger partial charge >= 0.3 is 0 Å². The molecule has 35 heavy (non-hydrogen) atoms. The van der Waals surface area contributed by atoms with E-state index in [2.05, 4.69) is 93.3 Å². The Balaban J connectivity index is 1.54. The maximum absolute atomic E-state index is 6.24. The van der Waals surface area contributed by atoms with E-state index in [1.165, 1.54) is 11.1 Å². The van der Waals surface area contributed by atoms with Crippen LogP contribution in [0.25, 0.3) is 55.4 Å². The van der Waals surface area contributed by atoms with Gasteiger partial charge in [0.1, 0.15) is 5.58 Å². The number of para-hydroxylation sites is 1. The third-order valence-electron chi connectivity index (χ3n) is 6.68. The number of furan rings is 1. The fraction of sp³-hybridized carbons (Fsp3) is 0.194. The van der Waals surface area contributed by atoms with E-state index in [-0.39, 0.29) is 5.41 Å². The molecule has 4 aromatic heterocycles. The van der Waals surface area contributed by atoms with Gasteiger partial charge in [0.05, 0.1) is 11.2 Å². The first-order valence-corrected chi connectivity index (χ1v) is 12.0. The largest absolute Gasteiger partial charge is 0.437 e. The lowest BCUT2D eigenvalue weighted by Gasteiger charge is -2.19. The Bertz CT molecular complexity index is 1760. The summed E-state index contributed by atoms with van der Waals surface area (Å²) >= 11 is 0. The molecular weight excluding hydrogens is 430 g/mol. The molecule has 0 fully saturated rings. The minimum Gasteiger partial charge on any atom is -0.437 e. The Hall–Kier alpha value is -4.05. The third kappa shape index (κ3) is 3.57. The van der Waals surface area contributed by atoms with E-state index >= 15 is 0 Å². The van der Waals surface area contributed by atoms with Crippen LogP contribution in [0.2, 0.25) is 0 Å². The highest BCUT2D eigenvalue weighted by molar-refractivity contribution is 6.08. The summed E-state index contributed by atoms with van der Waals surface area (Å²) < 4.78 is 6.24. The zero-order chi connectivity index (χ0) is 24.3. The molecule has 0 aliphatic carbocycles. The molecular formula is C31H27N3O. The van der Waals surface area contributed by atoms with Crippen molar-refractivity contribution < 1.29 is 4.42 Å². The molecule has 0 radical (unpaired) electrons. The predicted octanol–water partition coefficient (Wildman–Crippen LogP) is 8.17. The van der Waals surface area contributed by atoms with Crippen molar-refractivity contribution in [2.45, 2.75) is 40.0 Å². The number of aromatic nitrogens is 3. The predicted molar refractivity (Wildman–Crippen MR) is 144 cm³/mol. The normalized spacial score (nSPS) is 12.1. The summed E-state index contributed by atoms with van der Waals surface area (Å²) in [5.74, 6) is 0. The lowest BCUT2D eigenvalue weighted by Crippen LogP contribution is -2.13. The molecule has 6 rings (SSSR count). The van der Waals surface area contributed by atoms with Crippen LogP contribution in [0.5, 0.6) is 0 Å². The maximum atomic E-state index is 6.24. The van der Waals surface area contributed by atoms with Gasteiger partial charge in [-0.2, -0.15) is 0 Å². The molecule has 4 nitrogen and oxygen atoms in total. The van der Waals surface area contributed by atoms with E-state index in [1.54, 1.807) is 0 Å². The second-order valence-electron chi connectivity index (χ2n) is 10.3. The van der Waals surface area contributed by atoms with E-state index in [4.69, 9.17) is 14.4 Å². The van der Waals surface area contributed by atoms with Crippen LogP contribution in [-0.4, -0.2) is 15.0 Å². The summed E-state index contributed by atoms with van der Waals surface area (Å²) in [5.41, 5.74) is 9.87. The summed E-state index contributed by atoms with van der Waals surface area (Å²) in [6.07, 6.45) is 1.88. The van der Waals surface area contributed by atoms with Gasteiger partial charge in [-0.05, 0) is 73.0 Å². The summed E-state index contributed by atoms with van der Waals surface area (Å²) in [6.45, 7) is 10.7. The molecule has 4 heterocycles. The van der Waals surface area contributed by atoms with Crippen molar-refractivity contribution >= 4 is 33.0 Å². The lowest BCUT2D eigenvalue weighted by molar-refractivity contribution is 0.571. The fourth-order valence-electron chi connectivity index (χ4n) is 4.82. The van der Waals surface area contributed by atoms with Crippen LogP contribution in [-0.2, 0) is 5.41 Å². The molecule has 0 bridgehead atoms. The molecule has 0 spiro atoms. The van der Waals surface area contributed by atoms with Crippen LogP contribution in [0.4, 0.5) is 0 Å². The Morgan fingerprint density at radius 3 is 2.43 bits per heavy atom. The van der Waals surface area contributed by atoms with Crippen molar-refractivity contribution in [2.75, 3.05) is 0 Å². The van der Waals surface area contributed by atoms with Crippen molar-refractivity contribution in [1.82, 2.24) is 15.0 Å². The molecule has 4 heteroatoms. The van der Waals surface area contributed by atoms with Gasteiger partial charge < -0.3 is 4.42 Å². The summed E-state index contributed by atoms with van der Waals surface area (Å²) in [7, 11) is 0. The van der Waals surface area contributed by atoms with E-state index in [1.807, 2.05) is 19.2 Å². The number of benzene rings is 2. The van der Waals surface area contributed by atoms with Crippen LogP contribution in [0, 0.1) is 13.8 Å². The van der Waals surface area contributed by atoms with Gasteiger partial charge in [-0.1, -0.05) is 45.0 Å². The Morgan fingerprint density at radius 2 is 1.60 bits per heavy atom. The van der Waals surface area contributed by atoms with Crippen LogP contribution >= 0.6 is 0 Å². The number of rotatable bonds is 2. The molecule has 0 N–H and O–H groups in total. The quantitative estimate of drug-likeness (QED) is 0.263. The summed E-state index contributed by atoms with van der Waals surface area (Å²) in [6, 6.07) is 23.2. The van der Waals surface area contributed by atoms with E-state index < -0.39 is 0 Å². The monoisotopic (exact) mass is 457 g/mol. The lowest BCUT2D eigenvalue weighted by atomic mass is 9.90. The first-order valence-electron chi connectivity index (χ1n) is 12.0. The molecule has 0 amide bonds. The van der Waals surface area contributed by atoms with E-state index in [0.29, 0.717) is 5.71 Å². The van der Waals surface area contributed by atoms with Crippen LogP contribution in [0.3, 0.4) is 0 Å². The molecule has 0 saturated heterocycles. The van der Waals surface area contributed by atoms with Crippen molar-refractivity contribution in [3.63, 3.8) is 0 Å². The van der Waals surface area contributed by atoms with Gasteiger partial charge in [-0.3, -0.25) is 9.97 Å². The number of pyridine rings is 3. The minimum absolute atomic E-state index is 0.00172. The zero-order valence-electron chi connectivity index (χ0n) is 20.7. The molecule has 0 saturated carbocycles. The first-order chi connectivity index (χ1) is 16.8. The molecule has 2 aromatic carbocycles. The number of hydrogen-bond acceptors (Lipinski definition) is 4. The standard InChI is InChI=1S/C31H27N3O/c1-18-9-13-25-23(12-14-27(34-25)31(3,4)5)28(18)20-15-16-32-26(17-20)24-8-6-7-21-22-11-10-19(2)33-30(22)35-29(21)24/h6-17H,1-5H3. The second-order valence-corrected chi connectivity index (χ2v) is 10.3. The Kier molecular flexibility index (Phi) is 4.75. The van der Waals surface area contributed by atoms with E-state index in [9.17, 15) is 0 Å². The van der Waals surface area contributed by atoms with Gasteiger partial charge in [0, 0.05) is 44.7 Å². The smallest absolute Gasteiger partial charge is 0.227 e. The Morgan fingerprint density at radius 1 is 0.771 bits per heavy atom. The van der Waals surface area contributed by atoms with Crippen molar-refractivity contribution in [2.24, 2.45) is 0 Å². The average Bonchev–Trinajstić information content (AvgIpc) is 3.20. The maximum Gasteiger partial charge on any atom is 0.227 e. The van der Waals surface area contributed by atoms with Crippen molar-refractivity contribution in [1.29, 1.82) is 0 Å². The van der Waals surface area contributed by atoms with Crippen LogP contribution in [0.1, 0.15) is 37.7 Å². The van der Waals surface area contributed by atoms with Gasteiger partial charge in [0.25, 0.3) is 0 Å². The SMILES string of the molecule is Cc1ccc2c(n1)oc1c(-c3cc(-c4c(C)ccc5nc(C(C)(C)C)ccc45)ccn3)cccc12. The average molecular weight is 458 g/mol. The first kappa shape index (κ1) is 21.5. The highest BCUT2D eigenvalue weighted by Gasteiger charge is 2.18. The molecule has 0 atom stereocenters. The van der Waals surface area contributed by atoms with E-state index in [0.717, 1.165) is 55.5 Å². The molecule has 172 valence electrons. The number of nitrogens with zero attached hydrogens (tertiary/aromatic N) is 3. The number of aryl methyl sites for hydroxylation is 2. The molecule has 0 aliphatic heterocycles. The topological polar surface area (TPSA) is 51.8 Å². The zero-order valence-corrected chi connectivity index (χ0v) is 20.7. The third-order valence-corrected chi connectivity index (χ3v) is 6.68. The fourth-order valence-corrected chi connectivity index (χ4v) is 4.82.